The summed E-state index contributed by atoms with van der Waals surface area (Å²) < 4.78 is 0. The second kappa shape index (κ2) is 3.66. The van der Waals surface area contributed by atoms with E-state index < -0.39 is 11.9 Å². The largest absolute Gasteiger partial charge is 0.478 e. The minimum Gasteiger partial charge on any atom is -0.478 e. The molecule has 0 bridgehead atoms. The first-order valence-electron chi connectivity index (χ1n) is 4.65. The third-order valence-electron chi connectivity index (χ3n) is 2.37. The predicted octanol–water partition coefficient (Wildman–Crippen LogP) is 1.64. The van der Waals surface area contributed by atoms with Crippen molar-refractivity contribution in [3.05, 3.63) is 47.5 Å². The first-order valence-corrected chi connectivity index (χ1v) is 4.65. The third-order valence-corrected chi connectivity index (χ3v) is 2.37. The number of carbonyl (C=O) groups is 2. The highest BCUT2D eigenvalue weighted by atomic mass is 16.4. The molecule has 2 rings (SSSR count). The van der Waals surface area contributed by atoms with E-state index in [1.165, 1.54) is 12.1 Å². The summed E-state index contributed by atoms with van der Waals surface area (Å²) in [7, 11) is 0. The zero-order valence-electron chi connectivity index (χ0n) is 8.31. The summed E-state index contributed by atoms with van der Waals surface area (Å²) in [6.45, 7) is 0. The Morgan fingerprint density at radius 2 is 1.81 bits per heavy atom. The van der Waals surface area contributed by atoms with Gasteiger partial charge in [-0.2, -0.15) is 0 Å². The highest BCUT2D eigenvalue weighted by Crippen LogP contribution is 2.20. The Kier molecular flexibility index (Phi) is 2.32. The van der Waals surface area contributed by atoms with Crippen LogP contribution in [0.3, 0.4) is 0 Å². The summed E-state index contributed by atoms with van der Waals surface area (Å²) >= 11 is 0. The summed E-state index contributed by atoms with van der Waals surface area (Å²) in [4.78, 5) is 22.1. The zero-order chi connectivity index (χ0) is 11.7. The molecule has 0 fully saturated rings. The monoisotopic (exact) mass is 215 g/mol. The van der Waals surface area contributed by atoms with Crippen LogP contribution in [0.1, 0.15) is 20.7 Å². The quantitative estimate of drug-likeness (QED) is 0.799. The minimum absolute atomic E-state index is 0.0625. The van der Waals surface area contributed by atoms with Crippen LogP contribution in [0, 0.1) is 0 Å². The standard InChI is InChI=1S/C12H9NO3/c13-11(14)10-6-8(12(15)16)5-7-3-1-2-4-9(7)10/h1-6H,(H2,13,14)(H,15,16). The third kappa shape index (κ3) is 1.61. The molecule has 0 radical (unpaired) electrons. The predicted molar refractivity (Wildman–Crippen MR) is 59.4 cm³/mol. The molecule has 0 aliphatic rings. The number of fused-ring (bicyclic) bond motifs is 1. The van der Waals surface area contributed by atoms with Crippen LogP contribution in [0.4, 0.5) is 0 Å². The zero-order valence-corrected chi connectivity index (χ0v) is 8.31. The van der Waals surface area contributed by atoms with Crippen LogP contribution in [-0.2, 0) is 0 Å². The van der Waals surface area contributed by atoms with Crippen LogP contribution in [0.2, 0.25) is 0 Å². The molecular formula is C12H9NO3. The van der Waals surface area contributed by atoms with Crippen molar-refractivity contribution in [2.75, 3.05) is 0 Å². The van der Waals surface area contributed by atoms with E-state index in [9.17, 15) is 9.59 Å². The van der Waals surface area contributed by atoms with Gasteiger partial charge in [0.2, 0.25) is 5.91 Å². The lowest BCUT2D eigenvalue weighted by Crippen LogP contribution is -2.12. The molecule has 0 spiro atoms. The lowest BCUT2D eigenvalue weighted by molar-refractivity contribution is 0.0697. The van der Waals surface area contributed by atoms with Gasteiger partial charge in [-0.05, 0) is 22.9 Å². The number of carboxylic acids is 1. The number of primary amides is 1. The van der Waals surface area contributed by atoms with Crippen LogP contribution in [0.25, 0.3) is 10.8 Å². The Morgan fingerprint density at radius 3 is 2.44 bits per heavy atom. The molecule has 0 saturated heterocycles. The van der Waals surface area contributed by atoms with Gasteiger partial charge in [0.05, 0.1) is 5.56 Å². The first kappa shape index (κ1) is 10.2. The molecule has 0 atom stereocenters. The molecule has 0 aliphatic heterocycles. The van der Waals surface area contributed by atoms with Crippen molar-refractivity contribution in [1.82, 2.24) is 0 Å². The van der Waals surface area contributed by atoms with Crippen LogP contribution in [0.5, 0.6) is 0 Å². The van der Waals surface area contributed by atoms with Gasteiger partial charge in [-0.1, -0.05) is 24.3 Å². The summed E-state index contributed by atoms with van der Waals surface area (Å²) in [5, 5.41) is 10.3. The van der Waals surface area contributed by atoms with Gasteiger partial charge in [0, 0.05) is 5.56 Å². The highest BCUT2D eigenvalue weighted by Gasteiger charge is 2.11. The van der Waals surface area contributed by atoms with Gasteiger partial charge < -0.3 is 10.8 Å². The van der Waals surface area contributed by atoms with Gasteiger partial charge in [0.15, 0.2) is 0 Å². The Morgan fingerprint density at radius 1 is 1.12 bits per heavy atom. The fourth-order valence-electron chi connectivity index (χ4n) is 1.64. The summed E-state index contributed by atoms with van der Waals surface area (Å²) in [6, 6.07) is 9.85. The Labute approximate surface area is 91.3 Å². The maximum absolute atomic E-state index is 11.2. The highest BCUT2D eigenvalue weighted by molar-refractivity contribution is 6.09. The van der Waals surface area contributed by atoms with Gasteiger partial charge in [0.25, 0.3) is 0 Å². The maximum atomic E-state index is 11.2. The second-order valence-electron chi connectivity index (χ2n) is 3.41. The maximum Gasteiger partial charge on any atom is 0.335 e. The molecule has 0 saturated carbocycles. The lowest BCUT2D eigenvalue weighted by Gasteiger charge is -2.04. The number of hydrogen-bond acceptors (Lipinski definition) is 2. The molecule has 0 unspecified atom stereocenters. The average Bonchev–Trinajstić information content (AvgIpc) is 2.27. The molecular weight excluding hydrogens is 206 g/mol. The molecule has 16 heavy (non-hydrogen) atoms. The minimum atomic E-state index is -1.08. The fraction of sp³-hybridized carbons (Fsp3) is 0. The number of carbonyl (C=O) groups excluding carboxylic acids is 1. The molecule has 2 aromatic carbocycles. The summed E-state index contributed by atoms with van der Waals surface area (Å²) in [6.07, 6.45) is 0. The number of carboxylic acid groups (broad SMARTS) is 1. The molecule has 0 aliphatic carbocycles. The second-order valence-corrected chi connectivity index (χ2v) is 3.41. The SMILES string of the molecule is NC(=O)c1cc(C(=O)O)cc2ccccc12. The van der Waals surface area contributed by atoms with Gasteiger partial charge >= 0.3 is 5.97 Å². The van der Waals surface area contributed by atoms with Crippen LogP contribution in [0.15, 0.2) is 36.4 Å². The van der Waals surface area contributed by atoms with Gasteiger partial charge in [-0.15, -0.1) is 0 Å². The van der Waals surface area contributed by atoms with Crippen molar-refractivity contribution >= 4 is 22.6 Å². The number of nitrogens with two attached hydrogens (primary N) is 1. The Balaban J connectivity index is 2.84. The normalized spacial score (nSPS) is 10.2. The van der Waals surface area contributed by atoms with Gasteiger partial charge in [0.1, 0.15) is 0 Å². The number of amides is 1. The van der Waals surface area contributed by atoms with E-state index in [1.54, 1.807) is 24.3 Å². The van der Waals surface area contributed by atoms with Gasteiger partial charge in [-0.25, -0.2) is 4.79 Å². The molecule has 0 heterocycles. The van der Waals surface area contributed by atoms with Gasteiger partial charge in [-0.3, -0.25) is 4.79 Å². The van der Waals surface area contributed by atoms with E-state index in [2.05, 4.69) is 0 Å². The molecule has 3 N–H and O–H groups in total. The van der Waals surface area contributed by atoms with E-state index in [1.807, 2.05) is 0 Å². The topological polar surface area (TPSA) is 80.4 Å². The van der Waals surface area contributed by atoms with Crippen molar-refractivity contribution in [2.45, 2.75) is 0 Å². The lowest BCUT2D eigenvalue weighted by atomic mass is 10.0. The van der Waals surface area contributed by atoms with Crippen molar-refractivity contribution in [1.29, 1.82) is 0 Å². The molecule has 4 nitrogen and oxygen atoms in total. The van der Waals surface area contributed by atoms with Crippen LogP contribution >= 0.6 is 0 Å². The van der Waals surface area contributed by atoms with Crippen molar-refractivity contribution in [2.24, 2.45) is 5.73 Å². The molecule has 1 amide bonds. The molecule has 4 heteroatoms. The first-order chi connectivity index (χ1) is 7.59. The number of hydrogen-bond donors (Lipinski definition) is 2. The van der Waals surface area contributed by atoms with E-state index in [-0.39, 0.29) is 11.1 Å². The number of rotatable bonds is 2. The Bertz CT molecular complexity index is 590. The average molecular weight is 215 g/mol. The van der Waals surface area contributed by atoms with Crippen molar-refractivity contribution in [3.63, 3.8) is 0 Å². The smallest absolute Gasteiger partial charge is 0.335 e. The van der Waals surface area contributed by atoms with E-state index in [4.69, 9.17) is 10.8 Å². The van der Waals surface area contributed by atoms with Crippen molar-refractivity contribution in [3.8, 4) is 0 Å². The van der Waals surface area contributed by atoms with E-state index >= 15 is 0 Å². The molecule has 80 valence electrons. The van der Waals surface area contributed by atoms with Crippen LogP contribution in [-0.4, -0.2) is 17.0 Å². The number of benzene rings is 2. The van der Waals surface area contributed by atoms with Crippen molar-refractivity contribution < 1.29 is 14.7 Å². The fourth-order valence-corrected chi connectivity index (χ4v) is 1.64. The molecule has 2 aromatic rings. The van der Waals surface area contributed by atoms with E-state index in [0.29, 0.717) is 10.8 Å². The molecule has 0 aromatic heterocycles. The van der Waals surface area contributed by atoms with Crippen LogP contribution < -0.4 is 5.73 Å². The van der Waals surface area contributed by atoms with E-state index in [0.717, 1.165) is 0 Å². The Hall–Kier alpha value is -2.36. The summed E-state index contributed by atoms with van der Waals surface area (Å²) in [5.74, 6) is -1.70. The summed E-state index contributed by atoms with van der Waals surface area (Å²) in [5.41, 5.74) is 5.51. The number of aromatic carboxylic acids is 1.